The zero-order chi connectivity index (χ0) is 13.2. The predicted molar refractivity (Wildman–Crippen MR) is 61.8 cm³/mol. The molecular formula is C12H15F3N2O. The molecular weight excluding hydrogens is 245 g/mol. The lowest BCUT2D eigenvalue weighted by Gasteiger charge is -2.29. The van der Waals surface area contributed by atoms with Crippen molar-refractivity contribution in [3.63, 3.8) is 0 Å². The molecule has 2 rings (SSSR count). The van der Waals surface area contributed by atoms with Crippen LogP contribution in [-0.2, 0) is 17.7 Å². The van der Waals surface area contributed by atoms with Gasteiger partial charge in [0.1, 0.15) is 0 Å². The number of anilines is 1. The summed E-state index contributed by atoms with van der Waals surface area (Å²) in [4.78, 5) is 1.92. The van der Waals surface area contributed by atoms with E-state index in [2.05, 4.69) is 4.74 Å². The first-order valence-corrected chi connectivity index (χ1v) is 5.75. The van der Waals surface area contributed by atoms with Crippen molar-refractivity contribution >= 4 is 5.69 Å². The van der Waals surface area contributed by atoms with Gasteiger partial charge < -0.3 is 5.73 Å². The average Bonchev–Trinajstić information content (AvgIpc) is 2.28. The van der Waals surface area contributed by atoms with Crippen LogP contribution in [0.2, 0.25) is 0 Å². The number of nitrogen functional groups attached to an aromatic ring is 1. The molecule has 0 atom stereocenters. The monoisotopic (exact) mass is 260 g/mol. The van der Waals surface area contributed by atoms with E-state index in [1.807, 2.05) is 23.1 Å². The van der Waals surface area contributed by atoms with Crippen molar-refractivity contribution in [2.24, 2.45) is 0 Å². The largest absolute Gasteiger partial charge is 0.522 e. The normalized spacial score (nSPS) is 16.6. The Labute approximate surface area is 103 Å². The fourth-order valence-electron chi connectivity index (χ4n) is 2.14. The molecule has 0 fully saturated rings. The molecule has 0 aromatic heterocycles. The molecule has 0 radical (unpaired) electrons. The summed E-state index contributed by atoms with van der Waals surface area (Å²) in [6, 6.07) is 5.72. The second kappa shape index (κ2) is 5.16. The molecule has 1 aliphatic heterocycles. The van der Waals surface area contributed by atoms with E-state index in [9.17, 15) is 13.2 Å². The first-order valence-electron chi connectivity index (χ1n) is 5.75. The molecule has 0 bridgehead atoms. The van der Waals surface area contributed by atoms with Gasteiger partial charge in [0.25, 0.3) is 0 Å². The van der Waals surface area contributed by atoms with E-state index in [-0.39, 0.29) is 13.2 Å². The molecule has 0 amide bonds. The van der Waals surface area contributed by atoms with Crippen molar-refractivity contribution in [1.29, 1.82) is 0 Å². The van der Waals surface area contributed by atoms with Crippen molar-refractivity contribution in [1.82, 2.24) is 4.90 Å². The zero-order valence-corrected chi connectivity index (χ0v) is 9.83. The van der Waals surface area contributed by atoms with Gasteiger partial charge in [0.15, 0.2) is 0 Å². The van der Waals surface area contributed by atoms with Crippen molar-refractivity contribution in [3.05, 3.63) is 29.3 Å². The lowest BCUT2D eigenvalue weighted by molar-refractivity contribution is -0.325. The van der Waals surface area contributed by atoms with Crippen molar-refractivity contribution in [2.45, 2.75) is 19.3 Å². The highest BCUT2D eigenvalue weighted by molar-refractivity contribution is 5.51. The topological polar surface area (TPSA) is 38.5 Å². The fourth-order valence-corrected chi connectivity index (χ4v) is 2.14. The lowest BCUT2D eigenvalue weighted by Crippen LogP contribution is -2.34. The predicted octanol–water partition coefficient (Wildman–Crippen LogP) is 2.16. The zero-order valence-electron chi connectivity index (χ0n) is 9.83. The van der Waals surface area contributed by atoms with E-state index < -0.39 is 6.36 Å². The average molecular weight is 260 g/mol. The summed E-state index contributed by atoms with van der Waals surface area (Å²) in [5, 5.41) is 0. The number of halogens is 3. The second-order valence-corrected chi connectivity index (χ2v) is 4.31. The Balaban J connectivity index is 1.90. The van der Waals surface area contributed by atoms with E-state index in [1.54, 1.807) is 0 Å². The Morgan fingerprint density at radius 3 is 2.83 bits per heavy atom. The molecule has 1 aromatic rings. The molecule has 1 heterocycles. The molecule has 18 heavy (non-hydrogen) atoms. The van der Waals surface area contributed by atoms with Gasteiger partial charge in [-0.2, -0.15) is 0 Å². The maximum absolute atomic E-state index is 11.9. The summed E-state index contributed by atoms with van der Waals surface area (Å²) in [6.45, 7) is 1.24. The number of benzene rings is 1. The Kier molecular flexibility index (Phi) is 3.77. The molecule has 6 heteroatoms. The van der Waals surface area contributed by atoms with Crippen LogP contribution in [0.15, 0.2) is 18.2 Å². The van der Waals surface area contributed by atoms with Gasteiger partial charge in [0.2, 0.25) is 0 Å². The Hall–Kier alpha value is -1.27. The van der Waals surface area contributed by atoms with Crippen LogP contribution >= 0.6 is 0 Å². The van der Waals surface area contributed by atoms with E-state index >= 15 is 0 Å². The number of fused-ring (bicyclic) bond motifs is 1. The molecule has 0 saturated heterocycles. The smallest absolute Gasteiger partial charge is 0.398 e. The molecule has 1 aliphatic rings. The summed E-state index contributed by atoms with van der Waals surface area (Å²) in [7, 11) is 0. The van der Waals surface area contributed by atoms with Crippen LogP contribution in [0.4, 0.5) is 18.9 Å². The van der Waals surface area contributed by atoms with Gasteiger partial charge in [0, 0.05) is 25.3 Å². The van der Waals surface area contributed by atoms with E-state index in [0.29, 0.717) is 12.2 Å². The van der Waals surface area contributed by atoms with Crippen LogP contribution in [0.3, 0.4) is 0 Å². The van der Waals surface area contributed by atoms with Crippen LogP contribution in [0.5, 0.6) is 0 Å². The van der Waals surface area contributed by atoms with Crippen LogP contribution in [0.25, 0.3) is 0 Å². The van der Waals surface area contributed by atoms with E-state index in [4.69, 9.17) is 5.73 Å². The minimum Gasteiger partial charge on any atom is -0.398 e. The lowest BCUT2D eigenvalue weighted by atomic mass is 9.98. The van der Waals surface area contributed by atoms with Crippen LogP contribution in [-0.4, -0.2) is 31.0 Å². The Morgan fingerprint density at radius 2 is 2.11 bits per heavy atom. The third kappa shape index (κ3) is 3.36. The summed E-state index contributed by atoms with van der Waals surface area (Å²) in [5.74, 6) is 0. The second-order valence-electron chi connectivity index (χ2n) is 4.31. The molecule has 0 spiro atoms. The number of hydrogen-bond donors (Lipinski definition) is 1. The molecule has 3 nitrogen and oxygen atoms in total. The number of alkyl halides is 3. The van der Waals surface area contributed by atoms with Gasteiger partial charge in [-0.1, -0.05) is 12.1 Å². The standard InChI is InChI=1S/C12H15F3N2O/c13-12(14,15)18-7-6-17-5-4-9-2-1-3-11(16)10(9)8-17/h1-3H,4-8,16H2. The minimum absolute atomic E-state index is 0.257. The third-order valence-electron chi connectivity index (χ3n) is 3.06. The van der Waals surface area contributed by atoms with Crippen molar-refractivity contribution in [3.8, 4) is 0 Å². The number of hydrogen-bond acceptors (Lipinski definition) is 3. The highest BCUT2D eigenvalue weighted by Gasteiger charge is 2.29. The van der Waals surface area contributed by atoms with Gasteiger partial charge in [-0.25, -0.2) is 0 Å². The van der Waals surface area contributed by atoms with E-state index in [1.165, 1.54) is 5.56 Å². The quantitative estimate of drug-likeness (QED) is 0.846. The molecule has 100 valence electrons. The molecule has 1 aromatic carbocycles. The first kappa shape index (κ1) is 13.2. The minimum atomic E-state index is -4.55. The molecule has 0 saturated carbocycles. The highest BCUT2D eigenvalue weighted by Crippen LogP contribution is 2.24. The maximum atomic E-state index is 11.9. The van der Waals surface area contributed by atoms with Crippen molar-refractivity contribution in [2.75, 3.05) is 25.4 Å². The fraction of sp³-hybridized carbons (Fsp3) is 0.500. The van der Waals surface area contributed by atoms with E-state index in [0.717, 1.165) is 18.5 Å². The number of nitrogens with two attached hydrogens (primary N) is 1. The van der Waals surface area contributed by atoms with Crippen LogP contribution in [0, 0.1) is 0 Å². The molecule has 0 unspecified atom stereocenters. The van der Waals surface area contributed by atoms with Gasteiger partial charge >= 0.3 is 6.36 Å². The third-order valence-corrected chi connectivity index (χ3v) is 3.06. The first-order chi connectivity index (χ1) is 8.46. The van der Waals surface area contributed by atoms with Gasteiger partial charge in [-0.3, -0.25) is 9.64 Å². The number of nitrogens with zero attached hydrogens (tertiary/aromatic N) is 1. The SMILES string of the molecule is Nc1cccc2c1CN(CCOC(F)(F)F)CC2. The summed E-state index contributed by atoms with van der Waals surface area (Å²) in [6.07, 6.45) is -3.74. The molecule has 2 N–H and O–H groups in total. The van der Waals surface area contributed by atoms with Gasteiger partial charge in [-0.05, 0) is 23.6 Å². The summed E-state index contributed by atoms with van der Waals surface area (Å²) >= 11 is 0. The molecule has 0 aliphatic carbocycles. The van der Waals surface area contributed by atoms with Gasteiger partial charge in [-0.15, -0.1) is 13.2 Å². The van der Waals surface area contributed by atoms with Crippen molar-refractivity contribution < 1.29 is 17.9 Å². The number of rotatable bonds is 3. The number of ether oxygens (including phenoxy) is 1. The van der Waals surface area contributed by atoms with Crippen LogP contribution < -0.4 is 5.73 Å². The summed E-state index contributed by atoms with van der Waals surface area (Å²) < 4.78 is 39.3. The van der Waals surface area contributed by atoms with Crippen LogP contribution in [0.1, 0.15) is 11.1 Å². The highest BCUT2D eigenvalue weighted by atomic mass is 19.4. The Morgan fingerprint density at radius 1 is 1.33 bits per heavy atom. The Bertz CT molecular complexity index is 420. The van der Waals surface area contributed by atoms with Gasteiger partial charge in [0.05, 0.1) is 6.61 Å². The maximum Gasteiger partial charge on any atom is 0.522 e. The summed E-state index contributed by atoms with van der Waals surface area (Å²) in [5.41, 5.74) is 8.77.